The quantitative estimate of drug-likeness (QED) is 0.742. The van der Waals surface area contributed by atoms with E-state index in [9.17, 15) is 14.4 Å². The highest BCUT2D eigenvalue weighted by Gasteiger charge is 2.24. The van der Waals surface area contributed by atoms with Crippen molar-refractivity contribution in [2.75, 3.05) is 0 Å². The smallest absolute Gasteiger partial charge is 0.326 e. The van der Waals surface area contributed by atoms with E-state index < -0.39 is 30.3 Å². The van der Waals surface area contributed by atoms with Gasteiger partial charge in [0.25, 0.3) is 5.91 Å². The Morgan fingerprint density at radius 3 is 2.45 bits per heavy atom. The van der Waals surface area contributed by atoms with Crippen molar-refractivity contribution in [3.63, 3.8) is 0 Å². The number of carbonyl (C=O) groups excluding carboxylic acids is 1. The van der Waals surface area contributed by atoms with Crippen LogP contribution in [0.2, 0.25) is 0 Å². The lowest BCUT2D eigenvalue weighted by molar-refractivity contribution is -0.145. The van der Waals surface area contributed by atoms with Gasteiger partial charge >= 0.3 is 11.9 Å². The number of hydrogen-bond donors (Lipinski definition) is 3. The van der Waals surface area contributed by atoms with Crippen LogP contribution in [0.5, 0.6) is 0 Å². The summed E-state index contributed by atoms with van der Waals surface area (Å²) in [6, 6.07) is 7.70. The van der Waals surface area contributed by atoms with Crippen molar-refractivity contribution in [1.29, 1.82) is 0 Å². The number of benzene rings is 1. The lowest BCUT2D eigenvalue weighted by atomic mass is 10.2. The minimum absolute atomic E-state index is 0.0792. The molecule has 1 unspecified atom stereocenters. The van der Waals surface area contributed by atoms with Crippen LogP contribution in [0, 0.1) is 0 Å². The van der Waals surface area contributed by atoms with Crippen LogP contribution in [-0.2, 0) is 9.59 Å². The molecular weight excluding hydrogens is 308 g/mol. The minimum atomic E-state index is -1.49. The third-order valence-corrected chi connectivity index (χ3v) is 3.59. The maximum Gasteiger partial charge on any atom is 0.326 e. The van der Waals surface area contributed by atoms with Gasteiger partial charge in [-0.1, -0.05) is 30.3 Å². The molecule has 1 aromatic heterocycles. The van der Waals surface area contributed by atoms with Gasteiger partial charge in [-0.15, -0.1) is 11.3 Å². The van der Waals surface area contributed by atoms with Gasteiger partial charge in [0.1, 0.15) is 6.04 Å². The Labute approximate surface area is 129 Å². The van der Waals surface area contributed by atoms with E-state index in [0.717, 1.165) is 16.9 Å². The summed E-state index contributed by atoms with van der Waals surface area (Å²) in [5.41, 5.74) is 1.43. The molecule has 0 aliphatic carbocycles. The van der Waals surface area contributed by atoms with E-state index in [1.54, 1.807) is 5.38 Å². The normalized spacial score (nSPS) is 11.6. The van der Waals surface area contributed by atoms with Crippen molar-refractivity contribution < 1.29 is 24.6 Å². The maximum absolute atomic E-state index is 12.0. The first-order valence-corrected chi connectivity index (χ1v) is 7.11. The van der Waals surface area contributed by atoms with Crippen molar-refractivity contribution in [3.8, 4) is 11.3 Å². The lowest BCUT2D eigenvalue weighted by Crippen LogP contribution is -2.42. The SMILES string of the molecule is O=C(O)CC(NC(=O)c1nc(-c2ccccc2)cs1)C(=O)O. The molecule has 114 valence electrons. The molecule has 0 saturated heterocycles. The fourth-order valence-corrected chi connectivity index (χ4v) is 2.44. The number of carbonyl (C=O) groups is 3. The number of amides is 1. The Morgan fingerprint density at radius 1 is 1.18 bits per heavy atom. The number of carboxylic acids is 2. The molecule has 0 bridgehead atoms. The number of nitrogens with one attached hydrogen (secondary N) is 1. The first-order chi connectivity index (χ1) is 10.5. The van der Waals surface area contributed by atoms with Crippen LogP contribution < -0.4 is 5.32 Å². The summed E-state index contributed by atoms with van der Waals surface area (Å²) in [7, 11) is 0. The van der Waals surface area contributed by atoms with Crippen LogP contribution in [0.1, 0.15) is 16.2 Å². The highest BCUT2D eigenvalue weighted by Crippen LogP contribution is 2.21. The lowest BCUT2D eigenvalue weighted by Gasteiger charge is -2.10. The number of thiazole rings is 1. The largest absolute Gasteiger partial charge is 0.481 e. The maximum atomic E-state index is 12.0. The zero-order valence-electron chi connectivity index (χ0n) is 11.2. The van der Waals surface area contributed by atoms with Crippen molar-refractivity contribution in [2.45, 2.75) is 12.5 Å². The predicted molar refractivity (Wildman–Crippen MR) is 78.7 cm³/mol. The molecule has 0 aliphatic rings. The van der Waals surface area contributed by atoms with Gasteiger partial charge in [-0.05, 0) is 0 Å². The van der Waals surface area contributed by atoms with Gasteiger partial charge in [-0.2, -0.15) is 0 Å². The van der Waals surface area contributed by atoms with E-state index in [0.29, 0.717) is 5.69 Å². The summed E-state index contributed by atoms with van der Waals surface area (Å²) in [5.74, 6) is -3.42. The van der Waals surface area contributed by atoms with E-state index in [1.807, 2.05) is 30.3 Å². The fourth-order valence-electron chi connectivity index (χ4n) is 1.71. The van der Waals surface area contributed by atoms with E-state index in [4.69, 9.17) is 10.2 Å². The van der Waals surface area contributed by atoms with E-state index >= 15 is 0 Å². The van der Waals surface area contributed by atoms with Gasteiger partial charge in [0.2, 0.25) is 0 Å². The molecule has 3 N–H and O–H groups in total. The summed E-state index contributed by atoms with van der Waals surface area (Å²) >= 11 is 1.06. The highest BCUT2D eigenvalue weighted by atomic mass is 32.1. The van der Waals surface area contributed by atoms with Gasteiger partial charge in [-0.3, -0.25) is 9.59 Å². The standard InChI is InChI=1S/C14H12N2O5S/c17-11(18)6-9(14(20)21)15-12(19)13-16-10(7-22-13)8-4-2-1-3-5-8/h1-5,7,9H,6H2,(H,15,19)(H,17,18)(H,20,21). The summed E-state index contributed by atoms with van der Waals surface area (Å²) in [4.78, 5) is 37.6. The molecule has 22 heavy (non-hydrogen) atoms. The van der Waals surface area contributed by atoms with E-state index in [1.165, 1.54) is 0 Å². The molecule has 7 nitrogen and oxygen atoms in total. The summed E-state index contributed by atoms with van der Waals surface area (Å²) in [5, 5.41) is 21.5. The summed E-state index contributed by atoms with van der Waals surface area (Å²) in [6.45, 7) is 0. The van der Waals surface area contributed by atoms with Gasteiger partial charge in [0, 0.05) is 10.9 Å². The molecule has 1 heterocycles. The average Bonchev–Trinajstić information content (AvgIpc) is 2.96. The summed E-state index contributed by atoms with van der Waals surface area (Å²) in [6.07, 6.45) is -0.696. The second-order valence-corrected chi connectivity index (χ2v) is 5.22. The number of carboxylic acid groups (broad SMARTS) is 2. The number of rotatable bonds is 6. The molecular formula is C14H12N2O5S. The van der Waals surface area contributed by atoms with Crippen LogP contribution in [-0.4, -0.2) is 39.1 Å². The predicted octanol–water partition coefficient (Wildman–Crippen LogP) is 1.47. The molecule has 2 rings (SSSR count). The zero-order valence-corrected chi connectivity index (χ0v) is 12.0. The molecule has 2 aromatic rings. The van der Waals surface area contributed by atoms with Gasteiger partial charge < -0.3 is 15.5 Å². The molecule has 1 aromatic carbocycles. The monoisotopic (exact) mass is 320 g/mol. The van der Waals surface area contributed by atoms with Crippen LogP contribution in [0.3, 0.4) is 0 Å². The highest BCUT2D eigenvalue weighted by molar-refractivity contribution is 7.12. The molecule has 0 radical (unpaired) electrons. The molecule has 0 spiro atoms. The van der Waals surface area contributed by atoms with Crippen molar-refractivity contribution in [3.05, 3.63) is 40.7 Å². The topological polar surface area (TPSA) is 117 Å². The number of aromatic nitrogens is 1. The molecule has 0 fully saturated rings. The van der Waals surface area contributed by atoms with E-state index in [-0.39, 0.29) is 5.01 Å². The van der Waals surface area contributed by atoms with E-state index in [2.05, 4.69) is 10.3 Å². The third-order valence-electron chi connectivity index (χ3n) is 2.75. The first kappa shape index (κ1) is 15.6. The minimum Gasteiger partial charge on any atom is -0.481 e. The van der Waals surface area contributed by atoms with Crippen molar-refractivity contribution in [2.24, 2.45) is 0 Å². The van der Waals surface area contributed by atoms with Crippen LogP contribution in [0.15, 0.2) is 35.7 Å². The van der Waals surface area contributed by atoms with Gasteiger partial charge in [-0.25, -0.2) is 9.78 Å². The third kappa shape index (κ3) is 3.89. The fraction of sp³-hybridized carbons (Fsp3) is 0.143. The second kappa shape index (κ2) is 6.81. The second-order valence-electron chi connectivity index (χ2n) is 4.37. The molecule has 0 aliphatic heterocycles. The average molecular weight is 320 g/mol. The zero-order chi connectivity index (χ0) is 16.1. The summed E-state index contributed by atoms with van der Waals surface area (Å²) < 4.78 is 0. The molecule has 0 saturated carbocycles. The first-order valence-electron chi connectivity index (χ1n) is 6.24. The Hall–Kier alpha value is -2.74. The Bertz CT molecular complexity index is 698. The van der Waals surface area contributed by atoms with Gasteiger partial charge in [0.15, 0.2) is 5.01 Å². The van der Waals surface area contributed by atoms with Gasteiger partial charge in [0.05, 0.1) is 12.1 Å². The molecule has 1 atom stereocenters. The molecule has 1 amide bonds. The Kier molecular flexibility index (Phi) is 4.84. The van der Waals surface area contributed by atoms with Crippen LogP contribution in [0.4, 0.5) is 0 Å². The molecule has 8 heteroatoms. The Balaban J connectivity index is 2.11. The van der Waals surface area contributed by atoms with Crippen LogP contribution >= 0.6 is 11.3 Å². The number of hydrogen-bond acceptors (Lipinski definition) is 5. The van der Waals surface area contributed by atoms with Crippen LogP contribution in [0.25, 0.3) is 11.3 Å². The number of nitrogens with zero attached hydrogens (tertiary/aromatic N) is 1. The van der Waals surface area contributed by atoms with Crippen molar-refractivity contribution in [1.82, 2.24) is 10.3 Å². The van der Waals surface area contributed by atoms with Crippen molar-refractivity contribution >= 4 is 29.2 Å². The Morgan fingerprint density at radius 2 is 1.86 bits per heavy atom. The number of aliphatic carboxylic acids is 2.